The van der Waals surface area contributed by atoms with Crippen molar-refractivity contribution in [1.82, 2.24) is 10.2 Å². The van der Waals surface area contributed by atoms with Crippen molar-refractivity contribution >= 4 is 48.0 Å². The van der Waals surface area contributed by atoms with Gasteiger partial charge in [-0.25, -0.2) is 0 Å². The van der Waals surface area contributed by atoms with E-state index in [0.717, 1.165) is 31.2 Å². The van der Waals surface area contributed by atoms with Gasteiger partial charge in [0.25, 0.3) is 0 Å². The first-order valence-corrected chi connectivity index (χ1v) is 8.91. The van der Waals surface area contributed by atoms with Crippen LogP contribution < -0.4 is 5.32 Å². The third kappa shape index (κ3) is 5.14. The molecule has 0 bridgehead atoms. The molecule has 2 fully saturated rings. The van der Waals surface area contributed by atoms with Gasteiger partial charge in [-0.2, -0.15) is 0 Å². The van der Waals surface area contributed by atoms with Gasteiger partial charge in [-0.15, -0.1) is 24.8 Å². The molecule has 2 aliphatic rings. The Morgan fingerprint density at radius 3 is 2.30 bits per heavy atom. The molecule has 0 radical (unpaired) electrons. The van der Waals surface area contributed by atoms with Crippen LogP contribution in [-0.4, -0.2) is 31.1 Å². The fraction of sp³-hybridized carbons (Fsp3) is 0.647. The summed E-state index contributed by atoms with van der Waals surface area (Å²) in [6.07, 6.45) is 6.72. The van der Waals surface area contributed by atoms with Crippen LogP contribution in [0.15, 0.2) is 18.2 Å². The van der Waals surface area contributed by atoms with Crippen molar-refractivity contribution < 1.29 is 0 Å². The highest BCUT2D eigenvalue weighted by molar-refractivity contribution is 6.42. The molecule has 0 aromatic heterocycles. The summed E-state index contributed by atoms with van der Waals surface area (Å²) in [5.41, 5.74) is 1.23. The van der Waals surface area contributed by atoms with E-state index in [1.807, 2.05) is 12.1 Å². The molecule has 0 amide bonds. The highest BCUT2D eigenvalue weighted by Gasteiger charge is 2.32. The van der Waals surface area contributed by atoms with E-state index in [9.17, 15) is 0 Å². The van der Waals surface area contributed by atoms with Gasteiger partial charge in [0, 0.05) is 32.2 Å². The van der Waals surface area contributed by atoms with E-state index in [0.29, 0.717) is 17.0 Å². The Balaban J connectivity index is 0.00000132. The van der Waals surface area contributed by atoms with E-state index in [4.69, 9.17) is 23.2 Å². The van der Waals surface area contributed by atoms with E-state index >= 15 is 0 Å². The molecule has 23 heavy (non-hydrogen) atoms. The predicted molar refractivity (Wildman–Crippen MR) is 105 cm³/mol. The lowest BCUT2D eigenvalue weighted by Gasteiger charge is -2.41. The maximum absolute atomic E-state index is 6.55. The fourth-order valence-corrected chi connectivity index (χ4v) is 4.33. The van der Waals surface area contributed by atoms with E-state index in [-0.39, 0.29) is 24.8 Å². The van der Waals surface area contributed by atoms with Crippen LogP contribution in [0.5, 0.6) is 0 Å². The normalized spacial score (nSPS) is 21.1. The van der Waals surface area contributed by atoms with Crippen LogP contribution in [-0.2, 0) is 0 Å². The lowest BCUT2D eigenvalue weighted by atomic mass is 9.80. The van der Waals surface area contributed by atoms with Crippen molar-refractivity contribution in [3.05, 3.63) is 33.8 Å². The zero-order valence-electron chi connectivity index (χ0n) is 13.3. The predicted octanol–water partition coefficient (Wildman–Crippen LogP) is 5.36. The second kappa shape index (κ2) is 10.3. The average Bonchev–Trinajstić information content (AvgIpc) is 2.54. The van der Waals surface area contributed by atoms with Crippen molar-refractivity contribution in [2.45, 2.75) is 38.1 Å². The smallest absolute Gasteiger partial charge is 0.0640 e. The summed E-state index contributed by atoms with van der Waals surface area (Å²) in [6.45, 7) is 4.34. The number of benzene rings is 1. The van der Waals surface area contributed by atoms with Crippen LogP contribution in [0.4, 0.5) is 0 Å². The molecule has 1 aliphatic heterocycles. The summed E-state index contributed by atoms with van der Waals surface area (Å²) in [6, 6.07) is 6.54. The Bertz CT molecular complexity index is 454. The Morgan fingerprint density at radius 2 is 1.65 bits per heavy atom. The van der Waals surface area contributed by atoms with E-state index in [1.54, 1.807) is 0 Å². The van der Waals surface area contributed by atoms with Crippen LogP contribution >= 0.6 is 48.0 Å². The largest absolute Gasteiger partial charge is 0.314 e. The van der Waals surface area contributed by atoms with Gasteiger partial charge in [0.2, 0.25) is 0 Å². The summed E-state index contributed by atoms with van der Waals surface area (Å²) >= 11 is 12.8. The minimum Gasteiger partial charge on any atom is -0.314 e. The molecule has 1 saturated carbocycles. The first-order chi connectivity index (χ1) is 10.3. The summed E-state index contributed by atoms with van der Waals surface area (Å²) in [4.78, 5) is 2.62. The lowest BCUT2D eigenvalue weighted by Crippen LogP contribution is -2.47. The molecule has 1 aliphatic carbocycles. The quantitative estimate of drug-likeness (QED) is 0.735. The molecule has 2 nitrogen and oxygen atoms in total. The second-order valence-corrected chi connectivity index (χ2v) is 7.06. The number of halogens is 4. The zero-order valence-corrected chi connectivity index (χ0v) is 16.4. The first-order valence-electron chi connectivity index (χ1n) is 8.16. The highest BCUT2D eigenvalue weighted by atomic mass is 35.5. The standard InChI is InChI=1S/C17H24Cl2N2.2ClH/c18-15-8-4-7-14(16(15)19)17(13-5-2-1-3-6-13)21-11-9-20-10-12-21;;/h4,7-8,13,17,20H,1-3,5-6,9-12H2;2*1H/t17-;;/m1../s1. The Kier molecular flexibility index (Phi) is 9.58. The minimum atomic E-state index is 0. The summed E-state index contributed by atoms with van der Waals surface area (Å²) in [5, 5.41) is 4.89. The fourth-order valence-electron chi connectivity index (χ4n) is 3.91. The van der Waals surface area contributed by atoms with Crippen molar-refractivity contribution in [1.29, 1.82) is 0 Å². The van der Waals surface area contributed by atoms with Crippen LogP contribution in [0.25, 0.3) is 0 Å². The molecule has 0 unspecified atom stereocenters. The molecule has 1 heterocycles. The monoisotopic (exact) mass is 398 g/mol. The van der Waals surface area contributed by atoms with Crippen molar-refractivity contribution in [3.8, 4) is 0 Å². The van der Waals surface area contributed by atoms with Crippen LogP contribution in [0.1, 0.15) is 43.7 Å². The van der Waals surface area contributed by atoms with E-state index < -0.39 is 0 Å². The zero-order chi connectivity index (χ0) is 14.7. The molecule has 1 N–H and O–H groups in total. The number of hydrogen-bond donors (Lipinski definition) is 1. The SMILES string of the molecule is Cl.Cl.Clc1cccc([C@@H](C2CCCCC2)N2CCNCC2)c1Cl. The molecular formula is C17H26Cl4N2. The average molecular weight is 400 g/mol. The molecule has 0 spiro atoms. The number of rotatable bonds is 3. The van der Waals surface area contributed by atoms with Crippen molar-refractivity contribution in [2.75, 3.05) is 26.2 Å². The summed E-state index contributed by atoms with van der Waals surface area (Å²) in [7, 11) is 0. The van der Waals surface area contributed by atoms with E-state index in [2.05, 4.69) is 16.3 Å². The Labute approximate surface area is 162 Å². The summed E-state index contributed by atoms with van der Waals surface area (Å²) in [5.74, 6) is 0.716. The molecule has 132 valence electrons. The van der Waals surface area contributed by atoms with Gasteiger partial charge in [0.05, 0.1) is 10.0 Å². The van der Waals surface area contributed by atoms with Gasteiger partial charge in [-0.3, -0.25) is 4.90 Å². The minimum absolute atomic E-state index is 0. The van der Waals surface area contributed by atoms with Gasteiger partial charge in [-0.1, -0.05) is 54.6 Å². The Hall–Kier alpha value is 0.300. The van der Waals surface area contributed by atoms with Gasteiger partial charge >= 0.3 is 0 Å². The first kappa shape index (κ1) is 21.3. The Morgan fingerprint density at radius 1 is 1.00 bits per heavy atom. The number of nitrogens with zero attached hydrogens (tertiary/aromatic N) is 1. The molecular weight excluding hydrogens is 374 g/mol. The highest BCUT2D eigenvalue weighted by Crippen LogP contribution is 2.42. The summed E-state index contributed by atoms with van der Waals surface area (Å²) < 4.78 is 0. The molecule has 1 aromatic rings. The molecule has 6 heteroatoms. The van der Waals surface area contributed by atoms with Gasteiger partial charge in [-0.05, 0) is 30.4 Å². The second-order valence-electron chi connectivity index (χ2n) is 6.27. The lowest BCUT2D eigenvalue weighted by molar-refractivity contribution is 0.103. The maximum Gasteiger partial charge on any atom is 0.0640 e. The number of piperazine rings is 1. The maximum atomic E-state index is 6.55. The van der Waals surface area contributed by atoms with Crippen LogP contribution in [0.3, 0.4) is 0 Å². The molecule has 1 saturated heterocycles. The van der Waals surface area contributed by atoms with Crippen LogP contribution in [0, 0.1) is 5.92 Å². The van der Waals surface area contributed by atoms with E-state index in [1.165, 1.54) is 37.7 Å². The molecule has 3 rings (SSSR count). The van der Waals surface area contributed by atoms with Gasteiger partial charge in [0.1, 0.15) is 0 Å². The topological polar surface area (TPSA) is 15.3 Å². The number of nitrogens with one attached hydrogen (secondary N) is 1. The third-order valence-electron chi connectivity index (χ3n) is 4.94. The third-order valence-corrected chi connectivity index (χ3v) is 5.77. The van der Waals surface area contributed by atoms with Gasteiger partial charge < -0.3 is 5.32 Å². The number of hydrogen-bond acceptors (Lipinski definition) is 2. The molecule has 1 aromatic carbocycles. The van der Waals surface area contributed by atoms with Gasteiger partial charge in [0.15, 0.2) is 0 Å². The molecule has 1 atom stereocenters. The van der Waals surface area contributed by atoms with Crippen molar-refractivity contribution in [2.24, 2.45) is 5.92 Å². The van der Waals surface area contributed by atoms with Crippen LogP contribution in [0.2, 0.25) is 10.0 Å². The van der Waals surface area contributed by atoms with Crippen molar-refractivity contribution in [3.63, 3.8) is 0 Å².